The lowest BCUT2D eigenvalue weighted by atomic mass is 9.94. The predicted octanol–water partition coefficient (Wildman–Crippen LogP) is 4.16. The molecule has 0 radical (unpaired) electrons. The first-order chi connectivity index (χ1) is 12.2. The fraction of sp³-hybridized carbons (Fsp3) is 0.600. The van der Waals surface area contributed by atoms with Crippen LogP contribution in [-0.4, -0.2) is 42.9 Å². The van der Waals surface area contributed by atoms with Gasteiger partial charge in [-0.3, -0.25) is 9.59 Å². The van der Waals surface area contributed by atoms with Gasteiger partial charge in [0.25, 0.3) is 0 Å². The van der Waals surface area contributed by atoms with Crippen LogP contribution in [0.25, 0.3) is 0 Å². The van der Waals surface area contributed by atoms with Gasteiger partial charge in [0.2, 0.25) is 11.8 Å². The van der Waals surface area contributed by atoms with Gasteiger partial charge in [0.1, 0.15) is 0 Å². The molecule has 0 spiro atoms. The summed E-state index contributed by atoms with van der Waals surface area (Å²) in [6, 6.07) is 5.63. The van der Waals surface area contributed by atoms with Crippen LogP contribution in [0.2, 0.25) is 5.02 Å². The molecule has 0 aliphatic carbocycles. The number of rotatable bonds is 5. The van der Waals surface area contributed by atoms with Crippen LogP contribution in [0.15, 0.2) is 18.2 Å². The number of hydrogen-bond donors (Lipinski definition) is 1. The van der Waals surface area contributed by atoms with Gasteiger partial charge in [0.05, 0.1) is 10.7 Å². The first kappa shape index (κ1) is 20.6. The average molecular weight is 380 g/mol. The molecule has 0 saturated carbocycles. The van der Waals surface area contributed by atoms with E-state index in [0.717, 1.165) is 37.3 Å². The maximum atomic E-state index is 12.4. The molecule has 2 amide bonds. The molecular formula is C20H30ClN3O2. The number of unbranched alkanes of at least 4 members (excludes halogenated alkanes) is 1. The SMILES string of the molecule is CCCCC(=O)Nc1ccc(N2CCN(C(=O)C(C)(C)C)CC2)c(Cl)c1. The highest BCUT2D eigenvalue weighted by atomic mass is 35.5. The maximum absolute atomic E-state index is 12.4. The van der Waals surface area contributed by atoms with Crippen LogP contribution in [0.1, 0.15) is 47.0 Å². The lowest BCUT2D eigenvalue weighted by molar-refractivity contribution is -0.139. The minimum Gasteiger partial charge on any atom is -0.367 e. The summed E-state index contributed by atoms with van der Waals surface area (Å²) < 4.78 is 0. The zero-order valence-electron chi connectivity index (χ0n) is 16.3. The maximum Gasteiger partial charge on any atom is 0.228 e. The van der Waals surface area contributed by atoms with Crippen molar-refractivity contribution in [3.8, 4) is 0 Å². The molecule has 0 bridgehead atoms. The van der Waals surface area contributed by atoms with Crippen molar-refractivity contribution in [1.29, 1.82) is 0 Å². The number of hydrogen-bond acceptors (Lipinski definition) is 3. The monoisotopic (exact) mass is 379 g/mol. The topological polar surface area (TPSA) is 52.7 Å². The molecule has 1 aliphatic rings. The molecule has 1 aliphatic heterocycles. The van der Waals surface area contributed by atoms with E-state index >= 15 is 0 Å². The number of benzene rings is 1. The molecule has 0 atom stereocenters. The summed E-state index contributed by atoms with van der Waals surface area (Å²) in [6.07, 6.45) is 2.41. The molecule has 6 heteroatoms. The number of nitrogens with one attached hydrogen (secondary N) is 1. The lowest BCUT2D eigenvalue weighted by Crippen LogP contribution is -2.51. The third-order valence-corrected chi connectivity index (χ3v) is 4.84. The van der Waals surface area contributed by atoms with Gasteiger partial charge in [-0.2, -0.15) is 0 Å². The van der Waals surface area contributed by atoms with Crippen molar-refractivity contribution >= 4 is 34.8 Å². The minimum absolute atomic E-state index is 0.0185. The summed E-state index contributed by atoms with van der Waals surface area (Å²) in [5.74, 6) is 0.207. The zero-order valence-corrected chi connectivity index (χ0v) is 17.0. The number of anilines is 2. The molecule has 1 aromatic carbocycles. The molecule has 2 rings (SSSR count). The molecule has 144 valence electrons. The van der Waals surface area contributed by atoms with Crippen molar-refractivity contribution in [3.05, 3.63) is 23.2 Å². The van der Waals surface area contributed by atoms with Gasteiger partial charge in [-0.15, -0.1) is 0 Å². The fourth-order valence-electron chi connectivity index (χ4n) is 3.03. The third kappa shape index (κ3) is 5.37. The standard InChI is InChI=1S/C20H30ClN3O2/c1-5-6-7-18(25)22-15-8-9-17(16(21)14-15)23-10-12-24(13-11-23)19(26)20(2,3)4/h8-9,14H,5-7,10-13H2,1-4H3,(H,22,25). The van der Waals surface area contributed by atoms with Gasteiger partial charge in [0.15, 0.2) is 0 Å². The Hall–Kier alpha value is -1.75. The molecule has 0 aromatic heterocycles. The molecule has 1 N–H and O–H groups in total. The van der Waals surface area contributed by atoms with Crippen LogP contribution in [0, 0.1) is 5.41 Å². The van der Waals surface area contributed by atoms with E-state index in [9.17, 15) is 9.59 Å². The number of nitrogens with zero attached hydrogens (tertiary/aromatic N) is 2. The number of piperazine rings is 1. The van der Waals surface area contributed by atoms with E-state index < -0.39 is 0 Å². The first-order valence-corrected chi connectivity index (χ1v) is 9.74. The number of carbonyl (C=O) groups is 2. The first-order valence-electron chi connectivity index (χ1n) is 9.36. The molecule has 26 heavy (non-hydrogen) atoms. The van der Waals surface area contributed by atoms with E-state index in [0.29, 0.717) is 24.5 Å². The number of carbonyl (C=O) groups excluding carboxylic acids is 2. The van der Waals surface area contributed by atoms with Crippen LogP contribution < -0.4 is 10.2 Å². The van der Waals surface area contributed by atoms with Crippen LogP contribution >= 0.6 is 11.6 Å². The number of amides is 2. The Morgan fingerprint density at radius 3 is 2.35 bits per heavy atom. The van der Waals surface area contributed by atoms with E-state index in [4.69, 9.17) is 11.6 Å². The van der Waals surface area contributed by atoms with Crippen LogP contribution in [0.5, 0.6) is 0 Å². The van der Waals surface area contributed by atoms with Gasteiger partial charge in [0, 0.05) is 43.7 Å². The normalized spacial score (nSPS) is 15.1. The molecule has 5 nitrogen and oxygen atoms in total. The second-order valence-corrected chi connectivity index (χ2v) is 8.25. The Labute approximate surface area is 161 Å². The smallest absolute Gasteiger partial charge is 0.228 e. The zero-order chi connectivity index (χ0) is 19.3. The van der Waals surface area contributed by atoms with Crippen LogP contribution in [0.3, 0.4) is 0 Å². The summed E-state index contributed by atoms with van der Waals surface area (Å²) in [7, 11) is 0. The van der Waals surface area contributed by atoms with E-state index in [-0.39, 0.29) is 17.2 Å². The highest BCUT2D eigenvalue weighted by molar-refractivity contribution is 6.33. The van der Waals surface area contributed by atoms with E-state index in [1.807, 2.05) is 37.8 Å². The van der Waals surface area contributed by atoms with Crippen molar-refractivity contribution in [2.24, 2.45) is 5.41 Å². The molecule has 1 aromatic rings. The Morgan fingerprint density at radius 2 is 1.81 bits per heavy atom. The van der Waals surface area contributed by atoms with Crippen LogP contribution in [-0.2, 0) is 9.59 Å². The Morgan fingerprint density at radius 1 is 1.15 bits per heavy atom. The van der Waals surface area contributed by atoms with Gasteiger partial charge in [-0.1, -0.05) is 45.7 Å². The van der Waals surface area contributed by atoms with E-state index in [1.54, 1.807) is 6.07 Å². The summed E-state index contributed by atoms with van der Waals surface area (Å²) in [6.45, 7) is 10.8. The van der Waals surface area contributed by atoms with Crippen molar-refractivity contribution in [2.45, 2.75) is 47.0 Å². The summed E-state index contributed by atoms with van der Waals surface area (Å²) >= 11 is 6.45. The Balaban J connectivity index is 1.96. The largest absolute Gasteiger partial charge is 0.367 e. The van der Waals surface area contributed by atoms with Crippen molar-refractivity contribution in [2.75, 3.05) is 36.4 Å². The van der Waals surface area contributed by atoms with Crippen molar-refractivity contribution < 1.29 is 9.59 Å². The Kier molecular flexibility index (Phi) is 6.93. The quantitative estimate of drug-likeness (QED) is 0.835. The van der Waals surface area contributed by atoms with E-state index in [2.05, 4.69) is 17.1 Å². The summed E-state index contributed by atoms with van der Waals surface area (Å²) in [5, 5.41) is 3.51. The molecular weight excluding hydrogens is 350 g/mol. The number of halogens is 1. The van der Waals surface area contributed by atoms with Gasteiger partial charge in [-0.05, 0) is 24.6 Å². The molecule has 1 fully saturated rings. The summed E-state index contributed by atoms with van der Waals surface area (Å²) in [4.78, 5) is 28.4. The van der Waals surface area contributed by atoms with Crippen molar-refractivity contribution in [1.82, 2.24) is 4.90 Å². The highest BCUT2D eigenvalue weighted by Gasteiger charge is 2.30. The predicted molar refractivity (Wildman–Crippen MR) is 108 cm³/mol. The molecule has 0 unspecified atom stereocenters. The fourth-order valence-corrected chi connectivity index (χ4v) is 3.33. The van der Waals surface area contributed by atoms with Crippen LogP contribution in [0.4, 0.5) is 11.4 Å². The van der Waals surface area contributed by atoms with Gasteiger partial charge < -0.3 is 15.1 Å². The summed E-state index contributed by atoms with van der Waals surface area (Å²) in [5.41, 5.74) is 1.32. The van der Waals surface area contributed by atoms with E-state index in [1.165, 1.54) is 0 Å². The second-order valence-electron chi connectivity index (χ2n) is 7.85. The highest BCUT2D eigenvalue weighted by Crippen LogP contribution is 2.30. The van der Waals surface area contributed by atoms with Crippen molar-refractivity contribution in [3.63, 3.8) is 0 Å². The molecule has 1 saturated heterocycles. The van der Waals surface area contributed by atoms with Gasteiger partial charge in [-0.25, -0.2) is 0 Å². The lowest BCUT2D eigenvalue weighted by Gasteiger charge is -2.39. The third-order valence-electron chi connectivity index (χ3n) is 4.54. The minimum atomic E-state index is -0.350. The second kappa shape index (κ2) is 8.76. The average Bonchev–Trinajstić information content (AvgIpc) is 2.59. The van der Waals surface area contributed by atoms with Gasteiger partial charge >= 0.3 is 0 Å². The molecule has 1 heterocycles. The Bertz CT molecular complexity index is 647.